The predicted octanol–water partition coefficient (Wildman–Crippen LogP) is -0.153. The molecule has 2 atom stereocenters. The summed E-state index contributed by atoms with van der Waals surface area (Å²) < 4.78 is 1.36. The molecular weight excluding hydrogens is 268 g/mol. The van der Waals surface area contributed by atoms with Gasteiger partial charge in [-0.05, 0) is 32.2 Å². The van der Waals surface area contributed by atoms with Crippen molar-refractivity contribution in [3.63, 3.8) is 0 Å². The highest BCUT2D eigenvalue weighted by atomic mass is 16.1. The first kappa shape index (κ1) is 13.0. The van der Waals surface area contributed by atoms with Crippen molar-refractivity contribution in [3.05, 3.63) is 28.4 Å². The van der Waals surface area contributed by atoms with Crippen molar-refractivity contribution < 1.29 is 0 Å². The summed E-state index contributed by atoms with van der Waals surface area (Å²) in [6.45, 7) is 8.54. The first-order valence-corrected chi connectivity index (χ1v) is 7.43. The summed E-state index contributed by atoms with van der Waals surface area (Å²) in [6, 6.07) is 1.60. The van der Waals surface area contributed by atoms with E-state index in [9.17, 15) is 4.79 Å². The number of fused-ring (bicyclic) bond motifs is 2. The van der Waals surface area contributed by atoms with Crippen molar-refractivity contribution in [1.29, 1.82) is 0 Å². The summed E-state index contributed by atoms with van der Waals surface area (Å²) in [5.41, 5.74) is 0.825. The third-order valence-corrected chi connectivity index (χ3v) is 5.19. The van der Waals surface area contributed by atoms with Crippen molar-refractivity contribution in [1.82, 2.24) is 29.8 Å². The molecule has 2 aromatic rings. The van der Waals surface area contributed by atoms with Crippen LogP contribution in [0.25, 0.3) is 5.78 Å². The highest BCUT2D eigenvalue weighted by Crippen LogP contribution is 2.41. The van der Waals surface area contributed by atoms with E-state index in [0.29, 0.717) is 24.2 Å². The second-order valence-electron chi connectivity index (χ2n) is 6.67. The summed E-state index contributed by atoms with van der Waals surface area (Å²) >= 11 is 0. The van der Waals surface area contributed by atoms with E-state index in [0.717, 1.165) is 25.3 Å². The summed E-state index contributed by atoms with van der Waals surface area (Å²) in [5.74, 6) is 1.82. The Bertz CT molecular complexity index is 732. The molecule has 4 rings (SSSR count). The number of aromatic nitrogens is 4. The maximum atomic E-state index is 12.0. The number of hydrogen-bond donors (Lipinski definition) is 2. The molecule has 7 heteroatoms. The quantitative estimate of drug-likeness (QED) is 0.803. The number of hydrogen-bond acceptors (Lipinski definition) is 5. The number of aromatic amines is 1. The number of nitrogens with one attached hydrogen (secondary N) is 2. The van der Waals surface area contributed by atoms with Crippen molar-refractivity contribution in [2.24, 2.45) is 11.8 Å². The third kappa shape index (κ3) is 1.91. The van der Waals surface area contributed by atoms with E-state index in [-0.39, 0.29) is 11.1 Å². The number of nitrogens with zero attached hydrogens (tertiary/aromatic N) is 4. The molecule has 7 nitrogen and oxygen atoms in total. The van der Waals surface area contributed by atoms with E-state index in [1.165, 1.54) is 10.8 Å². The van der Waals surface area contributed by atoms with E-state index >= 15 is 0 Å². The molecular formula is C14H20N6O. The van der Waals surface area contributed by atoms with Crippen molar-refractivity contribution in [2.75, 3.05) is 19.6 Å². The molecule has 2 aromatic heterocycles. The molecule has 2 fully saturated rings. The van der Waals surface area contributed by atoms with Gasteiger partial charge < -0.3 is 5.32 Å². The molecule has 2 aliphatic rings. The molecule has 0 aromatic carbocycles. The highest BCUT2D eigenvalue weighted by Gasteiger charge is 2.49. The normalized spacial score (nSPS) is 28.3. The molecule has 21 heavy (non-hydrogen) atoms. The van der Waals surface area contributed by atoms with Gasteiger partial charge in [-0.2, -0.15) is 4.52 Å². The monoisotopic (exact) mass is 288 g/mol. The molecule has 0 bridgehead atoms. The lowest BCUT2D eigenvalue weighted by Gasteiger charge is -2.35. The zero-order chi connectivity index (χ0) is 14.6. The first-order chi connectivity index (χ1) is 10.1. The van der Waals surface area contributed by atoms with E-state index in [2.05, 4.69) is 39.1 Å². The smallest absolute Gasteiger partial charge is 0.274 e. The summed E-state index contributed by atoms with van der Waals surface area (Å²) in [6.07, 6.45) is 1.49. The van der Waals surface area contributed by atoms with Gasteiger partial charge in [0.25, 0.3) is 11.3 Å². The first-order valence-electron chi connectivity index (χ1n) is 7.43. The molecule has 2 aliphatic heterocycles. The van der Waals surface area contributed by atoms with Gasteiger partial charge in [-0.15, -0.1) is 0 Å². The van der Waals surface area contributed by atoms with Crippen LogP contribution in [0, 0.1) is 11.8 Å². The van der Waals surface area contributed by atoms with Crippen LogP contribution in [0.3, 0.4) is 0 Å². The van der Waals surface area contributed by atoms with Gasteiger partial charge in [0, 0.05) is 31.2 Å². The van der Waals surface area contributed by atoms with Gasteiger partial charge in [-0.25, -0.2) is 9.97 Å². The standard InChI is InChI=1S/C14H20N6O/c1-14(2)11-5-15-4-9(11)6-19(14)7-10-3-12(21)20-13(18-10)16-8-17-20/h3,8-9,11,15H,4-7H2,1-2H3,(H,16,17,18). The Kier molecular flexibility index (Phi) is 2.71. The molecule has 2 N–H and O–H groups in total. The zero-order valence-corrected chi connectivity index (χ0v) is 12.3. The fraction of sp³-hybridized carbons (Fsp3) is 0.643. The van der Waals surface area contributed by atoms with Crippen LogP contribution in [-0.2, 0) is 6.54 Å². The van der Waals surface area contributed by atoms with Crippen LogP contribution in [0.1, 0.15) is 19.5 Å². The Labute approximate surface area is 122 Å². The molecule has 0 radical (unpaired) electrons. The second kappa shape index (κ2) is 4.38. The maximum Gasteiger partial charge on any atom is 0.274 e. The van der Waals surface area contributed by atoms with Crippen LogP contribution in [0.4, 0.5) is 0 Å². The Balaban J connectivity index is 1.64. The number of rotatable bonds is 2. The summed E-state index contributed by atoms with van der Waals surface area (Å²) in [5, 5.41) is 6.25. The Morgan fingerprint density at radius 3 is 3.10 bits per heavy atom. The fourth-order valence-corrected chi connectivity index (χ4v) is 3.92. The van der Waals surface area contributed by atoms with Gasteiger partial charge in [0.05, 0.1) is 5.69 Å². The Hall–Kier alpha value is -1.73. The van der Waals surface area contributed by atoms with Gasteiger partial charge in [0.2, 0.25) is 0 Å². The molecule has 0 spiro atoms. The lowest BCUT2D eigenvalue weighted by molar-refractivity contribution is 0.130. The van der Waals surface area contributed by atoms with E-state index < -0.39 is 0 Å². The van der Waals surface area contributed by atoms with Crippen molar-refractivity contribution in [2.45, 2.75) is 25.9 Å². The van der Waals surface area contributed by atoms with Crippen LogP contribution in [-0.4, -0.2) is 49.7 Å². The lowest BCUT2D eigenvalue weighted by Crippen LogP contribution is -2.44. The van der Waals surface area contributed by atoms with Gasteiger partial charge in [0.15, 0.2) is 0 Å². The number of H-pyrrole nitrogens is 1. The minimum atomic E-state index is -0.105. The fourth-order valence-electron chi connectivity index (χ4n) is 3.92. The lowest BCUT2D eigenvalue weighted by atomic mass is 9.85. The van der Waals surface area contributed by atoms with Crippen LogP contribution >= 0.6 is 0 Å². The molecule has 2 saturated heterocycles. The molecule has 0 saturated carbocycles. The average Bonchev–Trinajstić information content (AvgIpc) is 3.09. The van der Waals surface area contributed by atoms with Crippen LogP contribution in [0.15, 0.2) is 17.2 Å². The molecule has 0 amide bonds. The minimum Gasteiger partial charge on any atom is -0.316 e. The van der Waals surface area contributed by atoms with Crippen LogP contribution < -0.4 is 10.9 Å². The van der Waals surface area contributed by atoms with Gasteiger partial charge in [0.1, 0.15) is 6.33 Å². The Morgan fingerprint density at radius 2 is 2.29 bits per heavy atom. The van der Waals surface area contributed by atoms with Crippen molar-refractivity contribution in [3.8, 4) is 0 Å². The number of likely N-dealkylation sites (tertiary alicyclic amines) is 1. The van der Waals surface area contributed by atoms with E-state index in [1.807, 2.05) is 0 Å². The van der Waals surface area contributed by atoms with E-state index in [1.54, 1.807) is 6.07 Å². The van der Waals surface area contributed by atoms with Gasteiger partial charge >= 0.3 is 0 Å². The molecule has 4 heterocycles. The van der Waals surface area contributed by atoms with Gasteiger partial charge in [-0.1, -0.05) is 0 Å². The molecule has 112 valence electrons. The SMILES string of the molecule is CC1(C)C2CNCC2CN1Cc1cc(=O)n2[nH]cnc2n1. The second-order valence-corrected chi connectivity index (χ2v) is 6.67. The molecule has 2 unspecified atom stereocenters. The van der Waals surface area contributed by atoms with E-state index in [4.69, 9.17) is 0 Å². The van der Waals surface area contributed by atoms with Crippen molar-refractivity contribution >= 4 is 5.78 Å². The zero-order valence-electron chi connectivity index (χ0n) is 12.3. The summed E-state index contributed by atoms with van der Waals surface area (Å²) in [7, 11) is 0. The molecule has 0 aliphatic carbocycles. The summed E-state index contributed by atoms with van der Waals surface area (Å²) in [4.78, 5) is 23.0. The maximum absolute atomic E-state index is 12.0. The third-order valence-electron chi connectivity index (χ3n) is 5.19. The minimum absolute atomic E-state index is 0.105. The highest BCUT2D eigenvalue weighted by molar-refractivity contribution is 5.26. The van der Waals surface area contributed by atoms with Gasteiger partial charge in [-0.3, -0.25) is 14.8 Å². The van der Waals surface area contributed by atoms with Crippen LogP contribution in [0.2, 0.25) is 0 Å². The predicted molar refractivity (Wildman–Crippen MR) is 77.9 cm³/mol. The topological polar surface area (TPSA) is 78.3 Å². The average molecular weight is 288 g/mol. The Morgan fingerprint density at radius 1 is 1.43 bits per heavy atom. The van der Waals surface area contributed by atoms with Crippen LogP contribution in [0.5, 0.6) is 0 Å². The largest absolute Gasteiger partial charge is 0.316 e.